The Bertz CT molecular complexity index is 1470. The number of alkyl halides is 1. The minimum atomic E-state index is -0.629. The van der Waals surface area contributed by atoms with Crippen LogP contribution >= 0.6 is 11.3 Å². The molecule has 1 atom stereocenters. The molecule has 0 amide bonds. The van der Waals surface area contributed by atoms with Crippen LogP contribution in [0, 0.1) is 0 Å². The van der Waals surface area contributed by atoms with E-state index in [0.29, 0.717) is 31.2 Å². The fourth-order valence-corrected chi connectivity index (χ4v) is 7.51. The summed E-state index contributed by atoms with van der Waals surface area (Å²) in [7, 11) is 0. The maximum Gasteiger partial charge on any atom is 0.195 e. The van der Waals surface area contributed by atoms with Gasteiger partial charge in [-0.25, -0.2) is 9.37 Å². The number of thiazole rings is 1. The number of hydrogen-bond donors (Lipinski definition) is 1. The Morgan fingerprint density at radius 3 is 2.59 bits per heavy atom. The molecule has 0 unspecified atom stereocenters. The molecule has 7 rings (SSSR count). The second-order valence-electron chi connectivity index (χ2n) is 11.7. The van der Waals surface area contributed by atoms with Crippen molar-refractivity contribution in [1.29, 1.82) is 0 Å². The summed E-state index contributed by atoms with van der Waals surface area (Å²) in [5.74, 6) is 0.770. The number of Topliss-reactive ketones (excluding diaryl/α,β-unsaturated/α-hetero) is 1. The van der Waals surface area contributed by atoms with Crippen LogP contribution in [0.1, 0.15) is 91.4 Å². The summed E-state index contributed by atoms with van der Waals surface area (Å²) in [4.78, 5) is 21.5. The van der Waals surface area contributed by atoms with Gasteiger partial charge in [-0.05, 0) is 88.2 Å². The first-order valence-corrected chi connectivity index (χ1v) is 15.6. The van der Waals surface area contributed by atoms with Crippen molar-refractivity contribution in [2.24, 2.45) is 0 Å². The largest absolute Gasteiger partial charge is 0.310 e. The molecule has 2 saturated heterocycles. The molecule has 7 heteroatoms. The molecule has 204 valence electrons. The van der Waals surface area contributed by atoms with Crippen molar-refractivity contribution in [1.82, 2.24) is 19.6 Å². The molecule has 2 aromatic heterocycles. The van der Waals surface area contributed by atoms with Crippen molar-refractivity contribution in [3.05, 3.63) is 59.3 Å². The lowest BCUT2D eigenvalue weighted by molar-refractivity contribution is 0.0976. The molecule has 3 fully saturated rings. The summed E-state index contributed by atoms with van der Waals surface area (Å²) in [5.41, 5.74) is 6.98. The summed E-state index contributed by atoms with van der Waals surface area (Å²) in [6, 6.07) is 15.7. The van der Waals surface area contributed by atoms with Gasteiger partial charge in [0.1, 0.15) is 6.17 Å². The highest BCUT2D eigenvalue weighted by Gasteiger charge is 2.32. The van der Waals surface area contributed by atoms with Gasteiger partial charge in [0, 0.05) is 42.6 Å². The maximum atomic E-state index is 13.3. The molecule has 5 nitrogen and oxygen atoms in total. The summed E-state index contributed by atoms with van der Waals surface area (Å²) < 4.78 is 16.8. The Balaban J connectivity index is 1.08. The SMILES string of the molecule is O=C(CCCCN1CCC(F)CC1)c1ccc2c(c1)sc1nc(-c3ccc([C@@H]4CCCN4)cc3)c(C3CC3)n12. The third-order valence-electron chi connectivity index (χ3n) is 8.86. The number of carbonyl (C=O) groups excluding carboxylic acids is 1. The maximum absolute atomic E-state index is 13.3. The highest BCUT2D eigenvalue weighted by atomic mass is 32.1. The van der Waals surface area contributed by atoms with Gasteiger partial charge in [0.15, 0.2) is 10.7 Å². The van der Waals surface area contributed by atoms with E-state index in [2.05, 4.69) is 51.0 Å². The number of piperidine rings is 1. The number of hydrogen-bond acceptors (Lipinski definition) is 5. The quantitative estimate of drug-likeness (QED) is 0.177. The van der Waals surface area contributed by atoms with Gasteiger partial charge >= 0.3 is 0 Å². The van der Waals surface area contributed by atoms with Gasteiger partial charge in [-0.2, -0.15) is 0 Å². The van der Waals surface area contributed by atoms with Crippen LogP contribution in [0.25, 0.3) is 26.4 Å². The molecule has 2 aromatic carbocycles. The summed E-state index contributed by atoms with van der Waals surface area (Å²) in [6.45, 7) is 3.77. The molecule has 1 aliphatic carbocycles. The minimum Gasteiger partial charge on any atom is -0.310 e. The van der Waals surface area contributed by atoms with Crippen LogP contribution in [0.2, 0.25) is 0 Å². The lowest BCUT2D eigenvalue weighted by Gasteiger charge is -2.28. The van der Waals surface area contributed by atoms with E-state index < -0.39 is 6.17 Å². The molecule has 3 aliphatic rings. The van der Waals surface area contributed by atoms with Gasteiger partial charge in [-0.1, -0.05) is 35.6 Å². The number of unbranched alkanes of at least 4 members (excludes halogenated alkanes) is 1. The molecule has 4 heterocycles. The van der Waals surface area contributed by atoms with Crippen LogP contribution in [0.15, 0.2) is 42.5 Å². The second kappa shape index (κ2) is 10.8. The summed E-state index contributed by atoms with van der Waals surface area (Å²) in [6.07, 6.45) is 7.99. The minimum absolute atomic E-state index is 0.213. The number of likely N-dealkylation sites (tertiary alicyclic amines) is 1. The van der Waals surface area contributed by atoms with Crippen LogP contribution < -0.4 is 5.32 Å². The van der Waals surface area contributed by atoms with Crippen LogP contribution in [0.5, 0.6) is 0 Å². The normalized spacial score (nSPS) is 20.9. The molecule has 0 bridgehead atoms. The topological polar surface area (TPSA) is 49.6 Å². The molecule has 1 N–H and O–H groups in total. The van der Waals surface area contributed by atoms with Crippen molar-refractivity contribution < 1.29 is 9.18 Å². The molecular weight excluding hydrogens is 507 g/mol. The number of ketones is 1. The molecule has 39 heavy (non-hydrogen) atoms. The van der Waals surface area contributed by atoms with Crippen molar-refractivity contribution >= 4 is 32.3 Å². The lowest BCUT2D eigenvalue weighted by Crippen LogP contribution is -2.35. The first kappa shape index (κ1) is 25.4. The van der Waals surface area contributed by atoms with E-state index in [1.807, 2.05) is 6.07 Å². The second-order valence-corrected chi connectivity index (χ2v) is 12.7. The number of benzene rings is 2. The van der Waals surface area contributed by atoms with Gasteiger partial charge in [-0.3, -0.25) is 9.20 Å². The van der Waals surface area contributed by atoms with Gasteiger partial charge in [0.2, 0.25) is 0 Å². The third kappa shape index (κ3) is 5.17. The van der Waals surface area contributed by atoms with E-state index in [0.717, 1.165) is 65.5 Å². The molecule has 1 saturated carbocycles. The predicted molar refractivity (Wildman–Crippen MR) is 157 cm³/mol. The van der Waals surface area contributed by atoms with E-state index in [1.165, 1.54) is 42.5 Å². The smallest absolute Gasteiger partial charge is 0.195 e. The lowest BCUT2D eigenvalue weighted by atomic mass is 10.0. The van der Waals surface area contributed by atoms with Crippen LogP contribution in [-0.2, 0) is 0 Å². The van der Waals surface area contributed by atoms with E-state index in [1.54, 1.807) is 11.3 Å². The number of nitrogens with one attached hydrogen (secondary N) is 1. The first-order chi connectivity index (χ1) is 19.1. The average molecular weight is 545 g/mol. The number of fused-ring (bicyclic) bond motifs is 3. The summed E-state index contributed by atoms with van der Waals surface area (Å²) >= 11 is 1.69. The van der Waals surface area contributed by atoms with E-state index in [-0.39, 0.29) is 5.78 Å². The van der Waals surface area contributed by atoms with Crippen LogP contribution in [0.4, 0.5) is 4.39 Å². The van der Waals surface area contributed by atoms with Gasteiger partial charge in [0.05, 0.1) is 21.6 Å². The standard InChI is InChI=1S/C32H37FN4OS/c33-25-14-18-36(19-15-25)17-2-1-5-28(38)24-12-13-27-29(20-24)39-32-35-30(31(37(27)32)23-10-11-23)22-8-6-21(7-9-22)26-4-3-16-34-26/h6-9,12-13,20,23,25-26,34H,1-5,10-11,14-19H2/t26-/m0/s1. The number of nitrogens with zero attached hydrogens (tertiary/aromatic N) is 3. The van der Waals surface area contributed by atoms with E-state index in [9.17, 15) is 9.18 Å². The highest BCUT2D eigenvalue weighted by Crippen LogP contribution is 2.47. The van der Waals surface area contributed by atoms with Crippen LogP contribution in [-0.4, -0.2) is 52.4 Å². The Hall–Kier alpha value is -2.61. The van der Waals surface area contributed by atoms with Crippen molar-refractivity contribution in [3.8, 4) is 11.3 Å². The molecule has 0 radical (unpaired) electrons. The highest BCUT2D eigenvalue weighted by molar-refractivity contribution is 7.23. The van der Waals surface area contributed by atoms with Crippen molar-refractivity contribution in [2.75, 3.05) is 26.2 Å². The number of imidazole rings is 1. The van der Waals surface area contributed by atoms with Gasteiger partial charge < -0.3 is 10.2 Å². The number of carbonyl (C=O) groups is 1. The Morgan fingerprint density at radius 2 is 1.85 bits per heavy atom. The molecule has 2 aliphatic heterocycles. The Morgan fingerprint density at radius 1 is 1.03 bits per heavy atom. The first-order valence-electron chi connectivity index (χ1n) is 14.8. The zero-order valence-electron chi connectivity index (χ0n) is 22.5. The fraction of sp³-hybridized carbons (Fsp3) is 0.500. The average Bonchev–Trinajstić information content (AvgIpc) is 3.35. The van der Waals surface area contributed by atoms with Gasteiger partial charge in [0.25, 0.3) is 0 Å². The molecule has 0 spiro atoms. The number of rotatable bonds is 9. The third-order valence-corrected chi connectivity index (χ3v) is 9.87. The Labute approximate surface area is 233 Å². The number of halogens is 1. The van der Waals surface area contributed by atoms with Crippen molar-refractivity contribution in [2.45, 2.75) is 75.9 Å². The molecule has 4 aromatic rings. The van der Waals surface area contributed by atoms with E-state index in [4.69, 9.17) is 4.98 Å². The molecular formula is C32H37FN4OS. The monoisotopic (exact) mass is 544 g/mol. The zero-order valence-corrected chi connectivity index (χ0v) is 23.3. The van der Waals surface area contributed by atoms with Crippen molar-refractivity contribution in [3.63, 3.8) is 0 Å². The predicted octanol–water partition coefficient (Wildman–Crippen LogP) is 7.30. The zero-order chi connectivity index (χ0) is 26.3. The van der Waals surface area contributed by atoms with E-state index >= 15 is 0 Å². The van der Waals surface area contributed by atoms with Gasteiger partial charge in [-0.15, -0.1) is 0 Å². The van der Waals surface area contributed by atoms with Crippen LogP contribution in [0.3, 0.4) is 0 Å². The Kier molecular flexibility index (Phi) is 6.99. The summed E-state index contributed by atoms with van der Waals surface area (Å²) in [5, 5.41) is 3.60. The fourth-order valence-electron chi connectivity index (χ4n) is 6.44. The number of aromatic nitrogens is 2.